The van der Waals surface area contributed by atoms with Crippen LogP contribution in [0.1, 0.15) is 11.8 Å². The zero-order valence-corrected chi connectivity index (χ0v) is 6.69. The lowest BCUT2D eigenvalue weighted by Gasteiger charge is -1.92. The van der Waals surface area contributed by atoms with E-state index in [-0.39, 0.29) is 6.61 Å². The number of hydrogen-bond donors (Lipinski definition) is 1. The van der Waals surface area contributed by atoms with E-state index in [9.17, 15) is 0 Å². The van der Waals surface area contributed by atoms with Crippen LogP contribution in [0.15, 0.2) is 23.6 Å². The maximum Gasteiger partial charge on any atom is 0.0618 e. The van der Waals surface area contributed by atoms with Gasteiger partial charge in [-0.25, -0.2) is 0 Å². The predicted octanol–water partition coefficient (Wildman–Crippen LogP) is 2.14. The topological polar surface area (TPSA) is 20.2 Å². The van der Waals surface area contributed by atoms with Crippen molar-refractivity contribution in [3.8, 4) is 0 Å². The van der Waals surface area contributed by atoms with Crippen LogP contribution in [-0.4, -0.2) is 11.7 Å². The number of thiophene rings is 1. The van der Waals surface area contributed by atoms with Crippen LogP contribution in [0.2, 0.25) is 0 Å². The number of rotatable bonds is 2. The second kappa shape index (κ2) is 3.54. The van der Waals surface area contributed by atoms with Gasteiger partial charge in [0, 0.05) is 4.88 Å². The molecule has 1 rings (SSSR count). The van der Waals surface area contributed by atoms with E-state index in [0.717, 1.165) is 5.57 Å². The first-order valence-corrected chi connectivity index (χ1v) is 4.04. The van der Waals surface area contributed by atoms with Gasteiger partial charge in [0.25, 0.3) is 0 Å². The number of aliphatic hydroxyl groups is 1. The fourth-order valence-corrected chi connectivity index (χ4v) is 1.47. The molecule has 0 aliphatic carbocycles. The quantitative estimate of drug-likeness (QED) is 0.692. The van der Waals surface area contributed by atoms with Crippen molar-refractivity contribution < 1.29 is 5.11 Å². The van der Waals surface area contributed by atoms with E-state index in [4.69, 9.17) is 5.11 Å². The summed E-state index contributed by atoms with van der Waals surface area (Å²) in [5, 5.41) is 10.6. The highest BCUT2D eigenvalue weighted by Crippen LogP contribution is 2.18. The molecule has 0 bridgehead atoms. The van der Waals surface area contributed by atoms with E-state index in [0.29, 0.717) is 0 Å². The van der Waals surface area contributed by atoms with Crippen LogP contribution in [0.3, 0.4) is 0 Å². The Morgan fingerprint density at radius 3 is 3.10 bits per heavy atom. The normalized spacial score (nSPS) is 12.0. The van der Waals surface area contributed by atoms with Crippen molar-refractivity contribution in [2.45, 2.75) is 6.92 Å². The average molecular weight is 154 g/mol. The summed E-state index contributed by atoms with van der Waals surface area (Å²) in [4.78, 5) is 1.23. The molecule has 0 radical (unpaired) electrons. The van der Waals surface area contributed by atoms with Crippen LogP contribution < -0.4 is 0 Å². The molecule has 0 spiro atoms. The minimum atomic E-state index is 0.129. The zero-order valence-electron chi connectivity index (χ0n) is 5.87. The van der Waals surface area contributed by atoms with Crippen molar-refractivity contribution in [2.24, 2.45) is 0 Å². The summed E-state index contributed by atoms with van der Waals surface area (Å²) in [6, 6.07) is 4.06. The average Bonchev–Trinajstić information content (AvgIpc) is 2.38. The Kier molecular flexibility index (Phi) is 2.66. The van der Waals surface area contributed by atoms with E-state index >= 15 is 0 Å². The van der Waals surface area contributed by atoms with Gasteiger partial charge in [-0.05, 0) is 23.9 Å². The van der Waals surface area contributed by atoms with Crippen LogP contribution in [0.25, 0.3) is 5.57 Å². The largest absolute Gasteiger partial charge is 0.392 e. The van der Waals surface area contributed by atoms with Crippen LogP contribution >= 0.6 is 11.3 Å². The molecule has 1 nitrogen and oxygen atoms in total. The van der Waals surface area contributed by atoms with Gasteiger partial charge < -0.3 is 5.11 Å². The summed E-state index contributed by atoms with van der Waals surface area (Å²) in [6.07, 6.45) is 1.81. The first-order chi connectivity index (χ1) is 4.84. The molecule has 0 saturated carbocycles. The molecule has 0 aliphatic heterocycles. The lowest BCUT2D eigenvalue weighted by Crippen LogP contribution is -1.76. The maximum atomic E-state index is 8.56. The predicted molar refractivity (Wildman–Crippen MR) is 45.1 cm³/mol. The van der Waals surface area contributed by atoms with Gasteiger partial charge in [0.1, 0.15) is 0 Å². The molecule has 1 aromatic rings. The van der Waals surface area contributed by atoms with E-state index in [1.807, 2.05) is 30.5 Å². The lowest BCUT2D eigenvalue weighted by atomic mass is 10.2. The Bertz CT molecular complexity index is 211. The highest BCUT2D eigenvalue weighted by Gasteiger charge is 1.92. The van der Waals surface area contributed by atoms with Crippen molar-refractivity contribution >= 4 is 16.9 Å². The molecule has 54 valence electrons. The molecule has 1 N–H and O–H groups in total. The zero-order chi connectivity index (χ0) is 7.40. The Balaban J connectivity index is 2.77. The molecule has 0 atom stereocenters. The third-order valence-electron chi connectivity index (χ3n) is 1.31. The number of hydrogen-bond acceptors (Lipinski definition) is 2. The lowest BCUT2D eigenvalue weighted by molar-refractivity contribution is 0.343. The van der Waals surface area contributed by atoms with Gasteiger partial charge in [-0.1, -0.05) is 12.1 Å². The molecule has 0 aliphatic rings. The van der Waals surface area contributed by atoms with Crippen LogP contribution in [0, 0.1) is 0 Å². The molecular formula is C8H10OS. The van der Waals surface area contributed by atoms with Crippen molar-refractivity contribution in [2.75, 3.05) is 6.61 Å². The molecular weight excluding hydrogens is 144 g/mol. The van der Waals surface area contributed by atoms with E-state index in [1.54, 1.807) is 11.3 Å². The van der Waals surface area contributed by atoms with Crippen molar-refractivity contribution in [3.63, 3.8) is 0 Å². The van der Waals surface area contributed by atoms with Crippen molar-refractivity contribution in [1.82, 2.24) is 0 Å². The summed E-state index contributed by atoms with van der Waals surface area (Å²) in [7, 11) is 0. The van der Waals surface area contributed by atoms with E-state index in [2.05, 4.69) is 0 Å². The van der Waals surface area contributed by atoms with Gasteiger partial charge >= 0.3 is 0 Å². The number of aliphatic hydroxyl groups excluding tert-OH is 1. The Morgan fingerprint density at radius 2 is 2.60 bits per heavy atom. The standard InChI is InChI=1S/C8H10OS/c1-7(4-5-9)8-3-2-6-10-8/h2-4,6,9H,5H2,1H3. The second-order valence-electron chi connectivity index (χ2n) is 2.05. The van der Waals surface area contributed by atoms with Gasteiger partial charge in [0.2, 0.25) is 0 Å². The summed E-state index contributed by atoms with van der Waals surface area (Å²) >= 11 is 1.69. The highest BCUT2D eigenvalue weighted by atomic mass is 32.1. The SMILES string of the molecule is CC(=CCO)c1cccs1. The first kappa shape index (κ1) is 7.51. The third-order valence-corrected chi connectivity index (χ3v) is 2.31. The third kappa shape index (κ3) is 1.69. The fraction of sp³-hybridized carbons (Fsp3) is 0.250. The van der Waals surface area contributed by atoms with Crippen LogP contribution in [0.5, 0.6) is 0 Å². The molecule has 1 heterocycles. The summed E-state index contributed by atoms with van der Waals surface area (Å²) < 4.78 is 0. The molecule has 1 aromatic heterocycles. The Hall–Kier alpha value is -0.600. The monoisotopic (exact) mass is 154 g/mol. The van der Waals surface area contributed by atoms with E-state index < -0.39 is 0 Å². The Morgan fingerprint density at radius 1 is 1.80 bits per heavy atom. The molecule has 10 heavy (non-hydrogen) atoms. The van der Waals surface area contributed by atoms with E-state index in [1.165, 1.54) is 4.88 Å². The molecule has 0 saturated heterocycles. The first-order valence-electron chi connectivity index (χ1n) is 3.16. The van der Waals surface area contributed by atoms with Crippen molar-refractivity contribution in [1.29, 1.82) is 0 Å². The fourth-order valence-electron chi connectivity index (χ4n) is 0.740. The van der Waals surface area contributed by atoms with Gasteiger partial charge in [-0.3, -0.25) is 0 Å². The molecule has 0 unspecified atom stereocenters. The highest BCUT2D eigenvalue weighted by molar-refractivity contribution is 7.11. The Labute approximate surface area is 64.6 Å². The van der Waals surface area contributed by atoms with Crippen LogP contribution in [0.4, 0.5) is 0 Å². The van der Waals surface area contributed by atoms with Crippen molar-refractivity contribution in [3.05, 3.63) is 28.5 Å². The smallest absolute Gasteiger partial charge is 0.0618 e. The number of allylic oxidation sites excluding steroid dienone is 1. The molecule has 2 heteroatoms. The van der Waals surface area contributed by atoms with Gasteiger partial charge in [-0.15, -0.1) is 11.3 Å². The van der Waals surface area contributed by atoms with Gasteiger partial charge in [-0.2, -0.15) is 0 Å². The maximum absolute atomic E-state index is 8.56. The molecule has 0 aromatic carbocycles. The minimum Gasteiger partial charge on any atom is -0.392 e. The minimum absolute atomic E-state index is 0.129. The van der Waals surface area contributed by atoms with Crippen LogP contribution in [-0.2, 0) is 0 Å². The summed E-state index contributed by atoms with van der Waals surface area (Å²) in [5.41, 5.74) is 1.15. The van der Waals surface area contributed by atoms with Gasteiger partial charge in [0.05, 0.1) is 6.61 Å². The molecule has 0 fully saturated rings. The summed E-state index contributed by atoms with van der Waals surface area (Å²) in [5.74, 6) is 0. The molecule has 0 amide bonds. The summed E-state index contributed by atoms with van der Waals surface area (Å²) in [6.45, 7) is 2.13. The second-order valence-corrected chi connectivity index (χ2v) is 2.99. The van der Waals surface area contributed by atoms with Gasteiger partial charge in [0.15, 0.2) is 0 Å².